The average molecular weight is 356 g/mol. The molecule has 0 fully saturated rings. The highest BCUT2D eigenvalue weighted by atomic mass is 35.5. The normalized spacial score (nSPS) is 17.7. The van der Waals surface area contributed by atoms with Crippen LogP contribution < -0.4 is 5.73 Å². The minimum absolute atomic E-state index is 0.0341. The van der Waals surface area contributed by atoms with E-state index in [-0.39, 0.29) is 11.6 Å². The highest BCUT2D eigenvalue weighted by Gasteiger charge is 2.23. The summed E-state index contributed by atoms with van der Waals surface area (Å²) in [5.74, 6) is -0.961. The molecule has 0 bridgehead atoms. The van der Waals surface area contributed by atoms with Gasteiger partial charge in [-0.3, -0.25) is 15.0 Å². The number of rotatable bonds is 4. The fourth-order valence-electron chi connectivity index (χ4n) is 2.62. The van der Waals surface area contributed by atoms with E-state index in [1.807, 2.05) is 6.07 Å². The van der Waals surface area contributed by atoms with Crippen LogP contribution in [0.2, 0.25) is 5.02 Å². The van der Waals surface area contributed by atoms with Gasteiger partial charge in [-0.1, -0.05) is 11.6 Å². The molecule has 2 atom stereocenters. The Balaban J connectivity index is 2.04. The largest absolute Gasteiger partial charge is 0.329 e. The van der Waals surface area contributed by atoms with E-state index in [9.17, 15) is 9.65 Å². The van der Waals surface area contributed by atoms with Crippen molar-refractivity contribution in [2.45, 2.75) is 12.6 Å². The molecule has 1 aromatic carbocycles. The van der Waals surface area contributed by atoms with Gasteiger partial charge in [0, 0.05) is 36.5 Å². The summed E-state index contributed by atoms with van der Waals surface area (Å²) in [5, 5.41) is 9.22. The Labute approximate surface area is 149 Å². The Kier molecular flexibility index (Phi) is 5.17. The van der Waals surface area contributed by atoms with Crippen LogP contribution in [-0.4, -0.2) is 29.6 Å². The van der Waals surface area contributed by atoms with Crippen molar-refractivity contribution in [3.8, 4) is 17.3 Å². The molecule has 2 unspecified atom stereocenters. The zero-order chi connectivity index (χ0) is 17.8. The molecule has 1 aromatic heterocycles. The second kappa shape index (κ2) is 7.51. The Bertz CT molecular complexity index is 887. The molecule has 0 amide bonds. The predicted octanol–water partition coefficient (Wildman–Crippen LogP) is 3.23. The van der Waals surface area contributed by atoms with E-state index in [1.165, 1.54) is 12.1 Å². The van der Waals surface area contributed by atoms with Crippen LogP contribution in [0.3, 0.4) is 0 Å². The van der Waals surface area contributed by atoms with Crippen LogP contribution in [0.25, 0.3) is 11.3 Å². The predicted molar refractivity (Wildman–Crippen MR) is 96.2 cm³/mol. The van der Waals surface area contributed by atoms with Crippen molar-refractivity contribution in [2.75, 3.05) is 6.54 Å². The number of nitrogens with two attached hydrogens (primary N) is 1. The molecule has 2 aromatic rings. The number of nitrogens with zero attached hydrogens (tertiary/aromatic N) is 4. The standard InChI is InChI=1S/C18H15ClFN5/c19-14-8-11(3-4-15(14)20)17-13(2-1-6-23-17)16-5-7-24-18(25-16)12(9-21)10-22/h1-4,6-8,12,18H,5,9,21H2. The molecule has 25 heavy (non-hydrogen) atoms. The summed E-state index contributed by atoms with van der Waals surface area (Å²) in [6.45, 7) is 0.183. The summed E-state index contributed by atoms with van der Waals surface area (Å²) < 4.78 is 13.5. The van der Waals surface area contributed by atoms with Gasteiger partial charge in [-0.2, -0.15) is 5.26 Å². The van der Waals surface area contributed by atoms with E-state index in [0.29, 0.717) is 17.7 Å². The van der Waals surface area contributed by atoms with Crippen molar-refractivity contribution in [1.29, 1.82) is 5.26 Å². The topological polar surface area (TPSA) is 87.4 Å². The molecule has 0 spiro atoms. The lowest BCUT2D eigenvalue weighted by molar-refractivity contribution is 0.538. The van der Waals surface area contributed by atoms with Gasteiger partial charge < -0.3 is 5.73 Å². The zero-order valence-corrected chi connectivity index (χ0v) is 14.0. The van der Waals surface area contributed by atoms with Crippen molar-refractivity contribution in [1.82, 2.24) is 4.98 Å². The summed E-state index contributed by atoms with van der Waals surface area (Å²) in [6.07, 6.45) is 3.39. The molecular weight excluding hydrogens is 341 g/mol. The number of halogens is 2. The minimum Gasteiger partial charge on any atom is -0.329 e. The monoisotopic (exact) mass is 355 g/mol. The average Bonchev–Trinajstić information content (AvgIpc) is 2.65. The van der Waals surface area contributed by atoms with Gasteiger partial charge in [0.15, 0.2) is 6.17 Å². The molecule has 0 aliphatic carbocycles. The lowest BCUT2D eigenvalue weighted by atomic mass is 9.99. The van der Waals surface area contributed by atoms with Crippen LogP contribution in [0.15, 0.2) is 46.5 Å². The number of aliphatic imine (C=N–C) groups is 2. The molecular formula is C18H15ClFN5. The number of aromatic nitrogens is 1. The molecule has 1 aliphatic heterocycles. The fourth-order valence-corrected chi connectivity index (χ4v) is 2.80. The third-order valence-corrected chi connectivity index (χ3v) is 4.21. The lowest BCUT2D eigenvalue weighted by Crippen LogP contribution is -2.27. The van der Waals surface area contributed by atoms with Crippen LogP contribution in [0.4, 0.5) is 4.39 Å². The van der Waals surface area contributed by atoms with E-state index in [4.69, 9.17) is 17.3 Å². The summed E-state index contributed by atoms with van der Waals surface area (Å²) in [7, 11) is 0. The number of hydrogen-bond acceptors (Lipinski definition) is 5. The maximum absolute atomic E-state index is 13.5. The first kappa shape index (κ1) is 17.2. The van der Waals surface area contributed by atoms with Gasteiger partial charge in [-0.05, 0) is 30.3 Å². The maximum Gasteiger partial charge on any atom is 0.156 e. The van der Waals surface area contributed by atoms with E-state index < -0.39 is 17.9 Å². The molecule has 2 heterocycles. The van der Waals surface area contributed by atoms with E-state index in [0.717, 1.165) is 11.3 Å². The van der Waals surface area contributed by atoms with Crippen LogP contribution in [-0.2, 0) is 0 Å². The molecule has 1 aliphatic rings. The minimum atomic E-state index is -0.524. The first-order valence-electron chi connectivity index (χ1n) is 7.73. The van der Waals surface area contributed by atoms with E-state index >= 15 is 0 Å². The first-order valence-corrected chi connectivity index (χ1v) is 8.10. The Morgan fingerprint density at radius 2 is 2.24 bits per heavy atom. The number of benzene rings is 1. The quantitative estimate of drug-likeness (QED) is 0.913. The highest BCUT2D eigenvalue weighted by Crippen LogP contribution is 2.28. The zero-order valence-electron chi connectivity index (χ0n) is 13.2. The van der Waals surface area contributed by atoms with Crippen LogP contribution in [0, 0.1) is 23.1 Å². The summed E-state index contributed by atoms with van der Waals surface area (Å²) in [5.41, 5.74) is 8.53. The fraction of sp³-hybridized carbons (Fsp3) is 0.222. The van der Waals surface area contributed by atoms with Crippen LogP contribution >= 0.6 is 11.6 Å². The number of hydrogen-bond donors (Lipinski definition) is 1. The Hall–Kier alpha value is -2.62. The second-order valence-electron chi connectivity index (χ2n) is 5.52. The molecule has 0 saturated heterocycles. The highest BCUT2D eigenvalue weighted by molar-refractivity contribution is 6.31. The summed E-state index contributed by atoms with van der Waals surface area (Å²) in [4.78, 5) is 13.3. The summed E-state index contributed by atoms with van der Waals surface area (Å²) in [6, 6.07) is 10.3. The number of nitriles is 1. The van der Waals surface area contributed by atoms with Gasteiger partial charge in [0.1, 0.15) is 11.7 Å². The van der Waals surface area contributed by atoms with Crippen molar-refractivity contribution in [3.05, 3.63) is 52.9 Å². The van der Waals surface area contributed by atoms with Gasteiger partial charge >= 0.3 is 0 Å². The third kappa shape index (κ3) is 3.58. The number of pyridine rings is 1. The van der Waals surface area contributed by atoms with Crippen LogP contribution in [0.1, 0.15) is 12.0 Å². The maximum atomic E-state index is 13.5. The van der Waals surface area contributed by atoms with Gasteiger partial charge in [0.05, 0.1) is 22.5 Å². The first-order chi connectivity index (χ1) is 12.1. The molecule has 126 valence electrons. The lowest BCUT2D eigenvalue weighted by Gasteiger charge is -2.19. The van der Waals surface area contributed by atoms with Crippen molar-refractivity contribution < 1.29 is 4.39 Å². The molecule has 2 N–H and O–H groups in total. The molecule has 5 nitrogen and oxygen atoms in total. The van der Waals surface area contributed by atoms with E-state index in [2.05, 4.69) is 21.0 Å². The van der Waals surface area contributed by atoms with Gasteiger partial charge in [-0.25, -0.2) is 4.39 Å². The smallest absolute Gasteiger partial charge is 0.156 e. The SMILES string of the molecule is N#CC(CN)C1N=CCC(c2cccnc2-c2ccc(F)c(Cl)c2)=N1. The van der Waals surface area contributed by atoms with Crippen molar-refractivity contribution in [3.63, 3.8) is 0 Å². The van der Waals surface area contributed by atoms with Crippen molar-refractivity contribution >= 4 is 23.5 Å². The molecule has 7 heteroatoms. The second-order valence-corrected chi connectivity index (χ2v) is 5.93. The van der Waals surface area contributed by atoms with Gasteiger partial charge in [0.2, 0.25) is 0 Å². The van der Waals surface area contributed by atoms with Crippen molar-refractivity contribution in [2.24, 2.45) is 21.6 Å². The summed E-state index contributed by atoms with van der Waals surface area (Å²) >= 11 is 5.90. The van der Waals surface area contributed by atoms with Gasteiger partial charge in [-0.15, -0.1) is 0 Å². The van der Waals surface area contributed by atoms with E-state index in [1.54, 1.807) is 24.5 Å². The van der Waals surface area contributed by atoms with Gasteiger partial charge in [0.25, 0.3) is 0 Å². The third-order valence-electron chi connectivity index (χ3n) is 3.92. The van der Waals surface area contributed by atoms with Crippen LogP contribution in [0.5, 0.6) is 0 Å². The molecule has 0 saturated carbocycles. The molecule has 3 rings (SSSR count). The Morgan fingerprint density at radius 3 is 2.96 bits per heavy atom. The Morgan fingerprint density at radius 1 is 1.40 bits per heavy atom. The molecule has 0 radical (unpaired) electrons.